The summed E-state index contributed by atoms with van der Waals surface area (Å²) in [6.07, 6.45) is 0. The monoisotopic (exact) mass is 931 g/mol. The van der Waals surface area contributed by atoms with Crippen molar-refractivity contribution in [3.05, 3.63) is 317 Å². The fourth-order valence-electron chi connectivity index (χ4n) is 13.5. The SMILES string of the molecule is CC1(C)c2ccccc2-c2cccc(-c3ccc(N(c4ccc(-c5ccc6c(c5)C(C)(c5ccccc5)c5ccccc5-6)cc4)c4cccc5c4-c4ccccc4C5(c4ccccc4)c4ccccc4)cc3)c21. The van der Waals surface area contributed by atoms with E-state index in [9.17, 15) is 0 Å². The molecular weight excluding hydrogens is 879 g/mol. The highest BCUT2D eigenvalue weighted by Gasteiger charge is 2.47. The molecule has 3 aliphatic rings. The lowest BCUT2D eigenvalue weighted by atomic mass is 9.68. The lowest BCUT2D eigenvalue weighted by Gasteiger charge is -2.34. The molecule has 0 saturated heterocycles. The molecule has 0 spiro atoms. The smallest absolute Gasteiger partial charge is 0.0714 e. The maximum Gasteiger partial charge on any atom is 0.0714 e. The normalized spacial score (nSPS) is 15.9. The van der Waals surface area contributed by atoms with Crippen LogP contribution in [-0.2, 0) is 16.2 Å². The molecular formula is C72H53N. The van der Waals surface area contributed by atoms with Gasteiger partial charge in [0.2, 0.25) is 0 Å². The van der Waals surface area contributed by atoms with Crippen molar-refractivity contribution in [2.45, 2.75) is 37.0 Å². The van der Waals surface area contributed by atoms with E-state index in [2.05, 4.69) is 293 Å². The molecule has 0 saturated carbocycles. The quantitative estimate of drug-likeness (QED) is 0.147. The van der Waals surface area contributed by atoms with Crippen molar-refractivity contribution in [2.75, 3.05) is 4.90 Å². The number of hydrogen-bond acceptors (Lipinski definition) is 1. The summed E-state index contributed by atoms with van der Waals surface area (Å²) in [7, 11) is 0. The van der Waals surface area contributed by atoms with E-state index in [0.29, 0.717) is 0 Å². The van der Waals surface area contributed by atoms with E-state index in [1.165, 1.54) is 106 Å². The summed E-state index contributed by atoms with van der Waals surface area (Å²) in [6, 6.07) is 99.8. The van der Waals surface area contributed by atoms with Gasteiger partial charge in [-0.05, 0) is 143 Å². The Bertz CT molecular complexity index is 3880. The Labute approximate surface area is 429 Å². The largest absolute Gasteiger partial charge is 0.310 e. The van der Waals surface area contributed by atoms with Gasteiger partial charge in [-0.2, -0.15) is 0 Å². The molecule has 0 aromatic heterocycles. The van der Waals surface area contributed by atoms with Crippen molar-refractivity contribution in [3.63, 3.8) is 0 Å². The Morgan fingerprint density at radius 3 is 1.38 bits per heavy atom. The first-order valence-corrected chi connectivity index (χ1v) is 25.8. The minimum absolute atomic E-state index is 0.125. The van der Waals surface area contributed by atoms with Crippen molar-refractivity contribution in [1.29, 1.82) is 0 Å². The highest BCUT2D eigenvalue weighted by Crippen LogP contribution is 2.60. The number of benzene rings is 11. The summed E-state index contributed by atoms with van der Waals surface area (Å²) in [5.41, 5.74) is 27.0. The van der Waals surface area contributed by atoms with Crippen LogP contribution in [0.25, 0.3) is 55.6 Å². The van der Waals surface area contributed by atoms with Gasteiger partial charge in [0.1, 0.15) is 0 Å². The lowest BCUT2D eigenvalue weighted by Crippen LogP contribution is -2.28. The van der Waals surface area contributed by atoms with Gasteiger partial charge in [-0.3, -0.25) is 0 Å². The standard InChI is InChI=1S/C72H53N/c1-70(2)62-32-16-13-28-58(62)60-31-19-30-56(69(60)70)49-39-44-55(45-40-49)73(67-36-20-35-65-68(67)61-29-15-18-34-64(61)72(65,52-23-9-5-10-24-52)53-25-11-6-12-26-53)54-42-37-48(38-43-54)50-41-46-59-57-27-14-17-33-63(57)71(3,66(59)47-50)51-21-7-4-8-22-51/h4-47H,1-3H3. The van der Waals surface area contributed by atoms with E-state index in [-0.39, 0.29) is 10.8 Å². The van der Waals surface area contributed by atoms with Gasteiger partial charge >= 0.3 is 0 Å². The molecule has 1 unspecified atom stereocenters. The summed E-state index contributed by atoms with van der Waals surface area (Å²) in [4.78, 5) is 2.50. The fourth-order valence-corrected chi connectivity index (χ4v) is 13.5. The highest BCUT2D eigenvalue weighted by molar-refractivity contribution is 5.98. The van der Waals surface area contributed by atoms with Crippen LogP contribution in [0.4, 0.5) is 17.1 Å². The van der Waals surface area contributed by atoms with E-state index in [0.717, 1.165) is 17.1 Å². The van der Waals surface area contributed by atoms with Crippen LogP contribution in [0.3, 0.4) is 0 Å². The molecule has 3 aliphatic carbocycles. The molecule has 0 N–H and O–H groups in total. The second-order valence-electron chi connectivity index (χ2n) is 20.9. The topological polar surface area (TPSA) is 3.24 Å². The van der Waals surface area contributed by atoms with Crippen LogP contribution < -0.4 is 4.90 Å². The molecule has 0 radical (unpaired) electrons. The van der Waals surface area contributed by atoms with Crippen LogP contribution in [-0.4, -0.2) is 0 Å². The van der Waals surface area contributed by atoms with Gasteiger partial charge in [-0.15, -0.1) is 0 Å². The first-order valence-electron chi connectivity index (χ1n) is 25.8. The van der Waals surface area contributed by atoms with Crippen LogP contribution in [0.5, 0.6) is 0 Å². The van der Waals surface area contributed by atoms with Crippen LogP contribution in [0, 0.1) is 0 Å². The van der Waals surface area contributed by atoms with Crippen molar-refractivity contribution in [3.8, 4) is 55.6 Å². The third kappa shape index (κ3) is 6.22. The third-order valence-electron chi connectivity index (χ3n) is 16.8. The molecule has 0 fully saturated rings. The molecule has 1 heteroatoms. The molecule has 0 bridgehead atoms. The minimum atomic E-state index is -0.524. The lowest BCUT2D eigenvalue weighted by molar-refractivity contribution is 0.662. The van der Waals surface area contributed by atoms with Gasteiger partial charge in [-0.25, -0.2) is 0 Å². The Kier molecular flexibility index (Phi) is 9.66. The Morgan fingerprint density at radius 2 is 0.740 bits per heavy atom. The molecule has 0 amide bonds. The zero-order chi connectivity index (χ0) is 48.9. The van der Waals surface area contributed by atoms with Gasteiger partial charge in [0.15, 0.2) is 0 Å². The summed E-state index contributed by atoms with van der Waals surface area (Å²) >= 11 is 0. The number of rotatable bonds is 8. The van der Waals surface area contributed by atoms with Gasteiger partial charge < -0.3 is 4.90 Å². The first-order chi connectivity index (χ1) is 35.9. The van der Waals surface area contributed by atoms with Crippen molar-refractivity contribution < 1.29 is 0 Å². The van der Waals surface area contributed by atoms with E-state index in [1.807, 2.05) is 0 Å². The molecule has 346 valence electrons. The van der Waals surface area contributed by atoms with Crippen LogP contribution in [0.2, 0.25) is 0 Å². The molecule has 0 heterocycles. The summed E-state index contributed by atoms with van der Waals surface area (Å²) in [5, 5.41) is 0. The Hall–Kier alpha value is -8.78. The van der Waals surface area contributed by atoms with Crippen LogP contribution in [0.15, 0.2) is 267 Å². The zero-order valence-electron chi connectivity index (χ0n) is 41.4. The molecule has 11 aromatic rings. The fraction of sp³-hybridized carbons (Fsp3) is 0.0833. The predicted octanol–water partition coefficient (Wildman–Crippen LogP) is 18.5. The van der Waals surface area contributed by atoms with E-state index in [4.69, 9.17) is 0 Å². The molecule has 0 aliphatic heterocycles. The molecule has 73 heavy (non-hydrogen) atoms. The predicted molar refractivity (Wildman–Crippen MR) is 304 cm³/mol. The van der Waals surface area contributed by atoms with Crippen LogP contribution in [0.1, 0.15) is 70.8 Å². The Morgan fingerprint density at radius 1 is 0.288 bits per heavy atom. The summed E-state index contributed by atoms with van der Waals surface area (Å²) in [5.74, 6) is 0. The van der Waals surface area contributed by atoms with Gasteiger partial charge in [0.05, 0.1) is 11.1 Å². The van der Waals surface area contributed by atoms with Gasteiger partial charge in [0.25, 0.3) is 0 Å². The number of nitrogens with zero attached hydrogens (tertiary/aromatic N) is 1. The van der Waals surface area contributed by atoms with Gasteiger partial charge in [0, 0.05) is 27.8 Å². The third-order valence-corrected chi connectivity index (χ3v) is 16.8. The summed E-state index contributed by atoms with van der Waals surface area (Å²) in [6.45, 7) is 7.15. The zero-order valence-corrected chi connectivity index (χ0v) is 41.4. The average Bonchev–Trinajstić information content (AvgIpc) is 4.02. The number of hydrogen-bond donors (Lipinski definition) is 0. The van der Waals surface area contributed by atoms with Crippen molar-refractivity contribution in [1.82, 2.24) is 0 Å². The minimum Gasteiger partial charge on any atom is -0.310 e. The van der Waals surface area contributed by atoms with E-state index >= 15 is 0 Å². The van der Waals surface area contributed by atoms with Crippen molar-refractivity contribution >= 4 is 17.1 Å². The molecule has 14 rings (SSSR count). The van der Waals surface area contributed by atoms with E-state index in [1.54, 1.807) is 0 Å². The summed E-state index contributed by atoms with van der Waals surface area (Å²) < 4.78 is 0. The molecule has 1 atom stereocenters. The molecule has 1 nitrogen and oxygen atoms in total. The first kappa shape index (κ1) is 43.0. The maximum absolute atomic E-state index is 2.50. The van der Waals surface area contributed by atoms with Crippen molar-refractivity contribution in [2.24, 2.45) is 0 Å². The second kappa shape index (κ2) is 16.4. The Balaban J connectivity index is 0.942. The van der Waals surface area contributed by atoms with E-state index < -0.39 is 5.41 Å². The van der Waals surface area contributed by atoms with Gasteiger partial charge in [-0.1, -0.05) is 244 Å². The highest BCUT2D eigenvalue weighted by atomic mass is 15.1. The van der Waals surface area contributed by atoms with Crippen LogP contribution >= 0.6 is 0 Å². The second-order valence-corrected chi connectivity index (χ2v) is 20.9. The number of anilines is 3. The number of fused-ring (bicyclic) bond motifs is 9. The maximum atomic E-state index is 2.50. The molecule has 11 aromatic carbocycles. The average molecular weight is 932 g/mol.